The molecule has 1 aliphatic rings. The van der Waals surface area contributed by atoms with Gasteiger partial charge in [0.1, 0.15) is 22.1 Å². The van der Waals surface area contributed by atoms with E-state index < -0.39 is 10.0 Å². The van der Waals surface area contributed by atoms with Gasteiger partial charge in [0.2, 0.25) is 10.0 Å². The molecule has 0 bridgehead atoms. The summed E-state index contributed by atoms with van der Waals surface area (Å²) in [6.45, 7) is 2.05. The summed E-state index contributed by atoms with van der Waals surface area (Å²) in [5.41, 5.74) is 3.12. The SMILES string of the molecule is COc1ccc(C(=O)N2c3cc(CNS(=O)(=O)c4cc(OC)ccc4OC)ccc3C[C@H]2C)cc1. The molecule has 0 unspecified atom stereocenters. The number of ether oxygens (including phenoxy) is 3. The van der Waals surface area contributed by atoms with Gasteiger partial charge in [0, 0.05) is 29.9 Å². The van der Waals surface area contributed by atoms with Crippen molar-refractivity contribution in [2.24, 2.45) is 0 Å². The first-order valence-electron chi connectivity index (χ1n) is 11.1. The van der Waals surface area contributed by atoms with E-state index in [1.165, 1.54) is 20.3 Å². The maximum Gasteiger partial charge on any atom is 0.258 e. The fraction of sp³-hybridized carbons (Fsp3) is 0.269. The van der Waals surface area contributed by atoms with Crippen LogP contribution in [0.2, 0.25) is 0 Å². The van der Waals surface area contributed by atoms with Gasteiger partial charge in [-0.2, -0.15) is 0 Å². The first-order chi connectivity index (χ1) is 16.8. The molecule has 0 radical (unpaired) electrons. The molecule has 8 nitrogen and oxygen atoms in total. The van der Waals surface area contributed by atoms with Gasteiger partial charge in [-0.1, -0.05) is 12.1 Å². The van der Waals surface area contributed by atoms with Crippen molar-refractivity contribution in [1.82, 2.24) is 4.72 Å². The predicted octanol–water partition coefficient (Wildman–Crippen LogP) is 3.78. The molecule has 1 N–H and O–H groups in total. The minimum Gasteiger partial charge on any atom is -0.497 e. The van der Waals surface area contributed by atoms with Crippen LogP contribution in [0.5, 0.6) is 17.2 Å². The number of hydrogen-bond donors (Lipinski definition) is 1. The highest BCUT2D eigenvalue weighted by Crippen LogP contribution is 2.35. The van der Waals surface area contributed by atoms with E-state index in [1.807, 2.05) is 25.1 Å². The molecule has 1 heterocycles. The molecule has 1 amide bonds. The van der Waals surface area contributed by atoms with Gasteiger partial charge in [0.15, 0.2) is 0 Å². The molecule has 35 heavy (non-hydrogen) atoms. The van der Waals surface area contributed by atoms with Crippen molar-refractivity contribution in [3.63, 3.8) is 0 Å². The molecule has 1 aliphatic heterocycles. The van der Waals surface area contributed by atoms with Crippen LogP contribution in [0.3, 0.4) is 0 Å². The van der Waals surface area contributed by atoms with Crippen LogP contribution < -0.4 is 23.8 Å². The number of amides is 1. The zero-order valence-electron chi connectivity index (χ0n) is 20.1. The number of anilines is 1. The van der Waals surface area contributed by atoms with E-state index in [0.29, 0.717) is 17.1 Å². The average molecular weight is 497 g/mol. The standard InChI is InChI=1S/C26H28N2O6S/c1-17-13-20-6-5-18(14-23(20)28(17)26(29)19-7-9-21(32-2)10-8-19)16-27-35(30,31)25-15-22(33-3)11-12-24(25)34-4/h5-12,14-15,17,27H,13,16H2,1-4H3/t17-/m1/s1. The quantitative estimate of drug-likeness (QED) is 0.510. The van der Waals surface area contributed by atoms with E-state index in [4.69, 9.17) is 14.2 Å². The van der Waals surface area contributed by atoms with Crippen molar-refractivity contribution >= 4 is 21.6 Å². The third-order valence-corrected chi connectivity index (χ3v) is 7.47. The summed E-state index contributed by atoms with van der Waals surface area (Å²) in [6.07, 6.45) is 0.726. The Morgan fingerprint density at radius 2 is 1.63 bits per heavy atom. The number of rotatable bonds is 8. The van der Waals surface area contributed by atoms with Crippen molar-refractivity contribution in [1.29, 1.82) is 0 Å². The van der Waals surface area contributed by atoms with Gasteiger partial charge in [-0.05, 0) is 66.9 Å². The van der Waals surface area contributed by atoms with Gasteiger partial charge in [-0.15, -0.1) is 0 Å². The van der Waals surface area contributed by atoms with E-state index in [1.54, 1.807) is 48.4 Å². The average Bonchev–Trinajstić information content (AvgIpc) is 3.21. The molecule has 0 aliphatic carbocycles. The second kappa shape index (κ2) is 9.97. The zero-order chi connectivity index (χ0) is 25.2. The number of nitrogens with zero attached hydrogens (tertiary/aromatic N) is 1. The molecule has 0 spiro atoms. The van der Waals surface area contributed by atoms with E-state index >= 15 is 0 Å². The zero-order valence-corrected chi connectivity index (χ0v) is 20.9. The first kappa shape index (κ1) is 24.6. The van der Waals surface area contributed by atoms with Crippen molar-refractivity contribution in [3.05, 3.63) is 77.4 Å². The molecule has 3 aromatic rings. The van der Waals surface area contributed by atoms with Gasteiger partial charge < -0.3 is 19.1 Å². The smallest absolute Gasteiger partial charge is 0.258 e. The summed E-state index contributed by atoms with van der Waals surface area (Å²) in [7, 11) is 0.576. The number of hydrogen-bond acceptors (Lipinski definition) is 6. The molecule has 0 aromatic heterocycles. The second-order valence-corrected chi connectivity index (χ2v) is 10.00. The highest BCUT2D eigenvalue weighted by Gasteiger charge is 2.32. The third kappa shape index (κ3) is 4.96. The number of sulfonamides is 1. The van der Waals surface area contributed by atoms with Gasteiger partial charge in [-0.3, -0.25) is 4.79 Å². The lowest BCUT2D eigenvalue weighted by Crippen LogP contribution is -2.35. The van der Waals surface area contributed by atoms with E-state index in [0.717, 1.165) is 23.2 Å². The summed E-state index contributed by atoms with van der Waals surface area (Å²) in [6, 6.07) is 17.3. The van der Waals surface area contributed by atoms with Crippen molar-refractivity contribution in [2.45, 2.75) is 30.8 Å². The molecular formula is C26H28N2O6S. The molecule has 3 aromatic carbocycles. The van der Waals surface area contributed by atoms with Crippen LogP contribution >= 0.6 is 0 Å². The number of methoxy groups -OCH3 is 3. The molecule has 184 valence electrons. The van der Waals surface area contributed by atoms with Gasteiger partial charge in [-0.25, -0.2) is 13.1 Å². The highest BCUT2D eigenvalue weighted by atomic mass is 32.2. The van der Waals surface area contributed by atoms with Crippen molar-refractivity contribution in [2.75, 3.05) is 26.2 Å². The topological polar surface area (TPSA) is 94.2 Å². The summed E-state index contributed by atoms with van der Waals surface area (Å²) in [5.74, 6) is 1.19. The molecular weight excluding hydrogens is 468 g/mol. The van der Waals surface area contributed by atoms with Gasteiger partial charge in [0.25, 0.3) is 5.91 Å². The Labute approximate surface area is 205 Å². The highest BCUT2D eigenvalue weighted by molar-refractivity contribution is 7.89. The van der Waals surface area contributed by atoms with Crippen LogP contribution in [0.4, 0.5) is 5.69 Å². The summed E-state index contributed by atoms with van der Waals surface area (Å²) in [4.78, 5) is 15.1. The number of carbonyl (C=O) groups excluding carboxylic acids is 1. The molecule has 0 saturated carbocycles. The Balaban J connectivity index is 1.57. The number of fused-ring (bicyclic) bond motifs is 1. The van der Waals surface area contributed by atoms with Crippen LogP contribution in [0, 0.1) is 0 Å². The normalized spacial score (nSPS) is 15.0. The Morgan fingerprint density at radius 1 is 0.943 bits per heavy atom. The second-order valence-electron chi connectivity index (χ2n) is 8.26. The Hall–Kier alpha value is -3.56. The third-order valence-electron chi connectivity index (χ3n) is 6.05. The maximum atomic E-state index is 13.3. The Morgan fingerprint density at radius 3 is 2.29 bits per heavy atom. The number of benzene rings is 3. The molecule has 0 saturated heterocycles. The lowest BCUT2D eigenvalue weighted by Gasteiger charge is -2.23. The molecule has 9 heteroatoms. The Bertz CT molecular complexity index is 1340. The predicted molar refractivity (Wildman–Crippen MR) is 133 cm³/mol. The summed E-state index contributed by atoms with van der Waals surface area (Å²) in [5, 5.41) is 0. The largest absolute Gasteiger partial charge is 0.497 e. The van der Waals surface area contributed by atoms with Crippen LogP contribution in [0.25, 0.3) is 0 Å². The number of carbonyl (C=O) groups is 1. The Kier molecular flexibility index (Phi) is 7.00. The van der Waals surface area contributed by atoms with Crippen LogP contribution in [-0.4, -0.2) is 41.7 Å². The van der Waals surface area contributed by atoms with E-state index in [9.17, 15) is 13.2 Å². The fourth-order valence-electron chi connectivity index (χ4n) is 4.20. The van der Waals surface area contributed by atoms with Gasteiger partial charge in [0.05, 0.1) is 21.3 Å². The van der Waals surface area contributed by atoms with Crippen LogP contribution in [0.15, 0.2) is 65.6 Å². The molecule has 4 rings (SSSR count). The van der Waals surface area contributed by atoms with E-state index in [-0.39, 0.29) is 29.1 Å². The molecule has 0 fully saturated rings. The number of nitrogens with one attached hydrogen (secondary N) is 1. The van der Waals surface area contributed by atoms with Crippen LogP contribution in [-0.2, 0) is 23.0 Å². The van der Waals surface area contributed by atoms with Gasteiger partial charge >= 0.3 is 0 Å². The van der Waals surface area contributed by atoms with Crippen molar-refractivity contribution in [3.8, 4) is 17.2 Å². The lowest BCUT2D eigenvalue weighted by molar-refractivity contribution is 0.0981. The lowest BCUT2D eigenvalue weighted by atomic mass is 10.1. The minimum atomic E-state index is -3.89. The fourth-order valence-corrected chi connectivity index (χ4v) is 5.40. The van der Waals surface area contributed by atoms with E-state index in [2.05, 4.69) is 4.72 Å². The monoisotopic (exact) mass is 496 g/mol. The first-order valence-corrected chi connectivity index (χ1v) is 12.6. The molecule has 1 atom stereocenters. The summed E-state index contributed by atoms with van der Waals surface area (Å²) >= 11 is 0. The summed E-state index contributed by atoms with van der Waals surface area (Å²) < 4.78 is 44.3. The van der Waals surface area contributed by atoms with Crippen molar-refractivity contribution < 1.29 is 27.4 Å². The van der Waals surface area contributed by atoms with Crippen LogP contribution in [0.1, 0.15) is 28.4 Å². The minimum absolute atomic E-state index is 0.00885. The maximum absolute atomic E-state index is 13.3.